The van der Waals surface area contributed by atoms with Crippen molar-refractivity contribution in [3.05, 3.63) is 59.2 Å². The predicted octanol–water partition coefficient (Wildman–Crippen LogP) is 1.79. The quantitative estimate of drug-likeness (QED) is 0.900. The minimum atomic E-state index is -0.156. The van der Waals surface area contributed by atoms with E-state index in [0.29, 0.717) is 6.54 Å². The van der Waals surface area contributed by atoms with Gasteiger partial charge in [0.05, 0.1) is 6.04 Å². The summed E-state index contributed by atoms with van der Waals surface area (Å²) in [5, 5.41) is 6.34. The third-order valence-corrected chi connectivity index (χ3v) is 4.55. The van der Waals surface area contributed by atoms with Gasteiger partial charge in [0.25, 0.3) is 0 Å². The SMILES string of the molecule is O=C(NCCc1ccc2c(c1)OCO2)C1Cc2ccccc2CN1. The second-order valence-electron chi connectivity index (χ2n) is 6.13. The highest BCUT2D eigenvalue weighted by molar-refractivity contribution is 5.82. The molecule has 2 N–H and O–H groups in total. The second-order valence-corrected chi connectivity index (χ2v) is 6.13. The maximum Gasteiger partial charge on any atom is 0.237 e. The molecular weight excluding hydrogens is 304 g/mol. The van der Waals surface area contributed by atoms with Crippen molar-refractivity contribution in [1.82, 2.24) is 10.6 Å². The van der Waals surface area contributed by atoms with Crippen LogP contribution in [-0.4, -0.2) is 25.3 Å². The van der Waals surface area contributed by atoms with Crippen LogP contribution in [0.25, 0.3) is 0 Å². The Bertz CT molecular complexity index is 760. The average Bonchev–Trinajstić information content (AvgIpc) is 3.09. The van der Waals surface area contributed by atoms with Crippen LogP contribution >= 0.6 is 0 Å². The van der Waals surface area contributed by atoms with Crippen LogP contribution in [0.15, 0.2) is 42.5 Å². The minimum absolute atomic E-state index is 0.0604. The van der Waals surface area contributed by atoms with E-state index in [9.17, 15) is 4.79 Å². The molecule has 2 aliphatic rings. The van der Waals surface area contributed by atoms with E-state index in [2.05, 4.69) is 22.8 Å². The summed E-state index contributed by atoms with van der Waals surface area (Å²) in [5.74, 6) is 1.63. The van der Waals surface area contributed by atoms with E-state index >= 15 is 0 Å². The molecule has 0 saturated heterocycles. The first-order valence-corrected chi connectivity index (χ1v) is 8.26. The summed E-state index contributed by atoms with van der Waals surface area (Å²) >= 11 is 0. The molecule has 0 saturated carbocycles. The number of fused-ring (bicyclic) bond motifs is 2. The number of carbonyl (C=O) groups excluding carboxylic acids is 1. The highest BCUT2D eigenvalue weighted by Crippen LogP contribution is 2.32. The molecule has 0 radical (unpaired) electrons. The largest absolute Gasteiger partial charge is 0.454 e. The third kappa shape index (κ3) is 3.08. The lowest BCUT2D eigenvalue weighted by Crippen LogP contribution is -2.48. The first-order chi connectivity index (χ1) is 11.8. The Morgan fingerprint density at radius 2 is 1.96 bits per heavy atom. The van der Waals surface area contributed by atoms with Crippen molar-refractivity contribution in [2.45, 2.75) is 25.4 Å². The van der Waals surface area contributed by atoms with Crippen molar-refractivity contribution in [2.75, 3.05) is 13.3 Å². The monoisotopic (exact) mass is 324 g/mol. The van der Waals surface area contributed by atoms with E-state index in [1.165, 1.54) is 11.1 Å². The topological polar surface area (TPSA) is 59.6 Å². The molecule has 2 aliphatic heterocycles. The van der Waals surface area contributed by atoms with Gasteiger partial charge in [-0.2, -0.15) is 0 Å². The molecule has 5 nitrogen and oxygen atoms in total. The Hall–Kier alpha value is -2.53. The van der Waals surface area contributed by atoms with Crippen LogP contribution in [0.4, 0.5) is 0 Å². The zero-order chi connectivity index (χ0) is 16.4. The summed E-state index contributed by atoms with van der Waals surface area (Å²) < 4.78 is 10.7. The molecule has 0 aromatic heterocycles. The van der Waals surface area contributed by atoms with Crippen molar-refractivity contribution in [1.29, 1.82) is 0 Å². The lowest BCUT2D eigenvalue weighted by Gasteiger charge is -2.25. The van der Waals surface area contributed by atoms with Crippen LogP contribution in [0, 0.1) is 0 Å². The fourth-order valence-electron chi connectivity index (χ4n) is 3.19. The lowest BCUT2D eigenvalue weighted by atomic mass is 9.95. The van der Waals surface area contributed by atoms with Crippen molar-refractivity contribution in [2.24, 2.45) is 0 Å². The Morgan fingerprint density at radius 3 is 2.88 bits per heavy atom. The van der Waals surface area contributed by atoms with Crippen molar-refractivity contribution < 1.29 is 14.3 Å². The zero-order valence-corrected chi connectivity index (χ0v) is 13.4. The Balaban J connectivity index is 1.30. The number of rotatable bonds is 4. The number of hydrogen-bond acceptors (Lipinski definition) is 4. The summed E-state index contributed by atoms with van der Waals surface area (Å²) in [6.45, 7) is 1.64. The van der Waals surface area contributed by atoms with E-state index in [-0.39, 0.29) is 18.7 Å². The van der Waals surface area contributed by atoms with Crippen LogP contribution < -0.4 is 20.1 Å². The third-order valence-electron chi connectivity index (χ3n) is 4.55. The first kappa shape index (κ1) is 15.0. The van der Waals surface area contributed by atoms with Gasteiger partial charge in [-0.15, -0.1) is 0 Å². The molecule has 0 spiro atoms. The fourth-order valence-corrected chi connectivity index (χ4v) is 3.19. The molecule has 2 aromatic rings. The number of carbonyl (C=O) groups is 1. The molecule has 24 heavy (non-hydrogen) atoms. The maximum absolute atomic E-state index is 12.4. The van der Waals surface area contributed by atoms with Gasteiger partial charge in [-0.3, -0.25) is 4.79 Å². The number of ether oxygens (including phenoxy) is 2. The Labute approximate surface area is 141 Å². The van der Waals surface area contributed by atoms with E-state index in [1.807, 2.05) is 30.3 Å². The number of nitrogens with one attached hydrogen (secondary N) is 2. The molecule has 5 heteroatoms. The van der Waals surface area contributed by atoms with E-state index < -0.39 is 0 Å². The molecule has 124 valence electrons. The molecule has 0 aliphatic carbocycles. The summed E-state index contributed by atoms with van der Waals surface area (Å²) in [6, 6.07) is 14.0. The standard InChI is InChI=1S/C19H20N2O3/c22-19(16-10-14-3-1-2-4-15(14)11-21-16)20-8-7-13-5-6-17-18(9-13)24-12-23-17/h1-6,9,16,21H,7-8,10-12H2,(H,20,22). The maximum atomic E-state index is 12.4. The summed E-state index contributed by atoms with van der Waals surface area (Å²) in [6.07, 6.45) is 1.51. The number of benzene rings is 2. The predicted molar refractivity (Wildman–Crippen MR) is 90.1 cm³/mol. The van der Waals surface area contributed by atoms with E-state index in [0.717, 1.165) is 36.4 Å². The smallest absolute Gasteiger partial charge is 0.237 e. The van der Waals surface area contributed by atoms with Crippen molar-refractivity contribution in [3.8, 4) is 11.5 Å². The van der Waals surface area contributed by atoms with Crippen molar-refractivity contribution >= 4 is 5.91 Å². The lowest BCUT2D eigenvalue weighted by molar-refractivity contribution is -0.123. The van der Waals surface area contributed by atoms with Crippen LogP contribution in [-0.2, 0) is 24.2 Å². The van der Waals surface area contributed by atoms with Crippen LogP contribution in [0.2, 0.25) is 0 Å². The van der Waals surface area contributed by atoms with Gasteiger partial charge in [0.15, 0.2) is 11.5 Å². The number of hydrogen-bond donors (Lipinski definition) is 2. The Kier molecular flexibility index (Phi) is 4.09. The molecule has 1 unspecified atom stereocenters. The molecule has 1 amide bonds. The average molecular weight is 324 g/mol. The van der Waals surface area contributed by atoms with Crippen LogP contribution in [0.5, 0.6) is 11.5 Å². The van der Waals surface area contributed by atoms with Gasteiger partial charge >= 0.3 is 0 Å². The Morgan fingerprint density at radius 1 is 1.12 bits per heavy atom. The molecule has 0 fully saturated rings. The normalized spacial score (nSPS) is 18.1. The summed E-state index contributed by atoms with van der Waals surface area (Å²) in [4.78, 5) is 12.4. The molecular formula is C19H20N2O3. The van der Waals surface area contributed by atoms with E-state index in [1.54, 1.807) is 0 Å². The summed E-state index contributed by atoms with van der Waals surface area (Å²) in [7, 11) is 0. The number of amides is 1. The second kappa shape index (κ2) is 6.53. The van der Waals surface area contributed by atoms with E-state index in [4.69, 9.17) is 9.47 Å². The first-order valence-electron chi connectivity index (χ1n) is 8.26. The summed E-state index contributed by atoms with van der Waals surface area (Å²) in [5.41, 5.74) is 3.66. The highest BCUT2D eigenvalue weighted by atomic mass is 16.7. The minimum Gasteiger partial charge on any atom is -0.454 e. The van der Waals surface area contributed by atoms with Gasteiger partial charge in [-0.1, -0.05) is 30.3 Å². The van der Waals surface area contributed by atoms with Gasteiger partial charge in [0.1, 0.15) is 0 Å². The molecule has 2 heterocycles. The molecule has 2 aromatic carbocycles. The van der Waals surface area contributed by atoms with Gasteiger partial charge in [0, 0.05) is 13.1 Å². The van der Waals surface area contributed by atoms with Gasteiger partial charge in [0.2, 0.25) is 12.7 Å². The fraction of sp³-hybridized carbons (Fsp3) is 0.316. The van der Waals surface area contributed by atoms with Gasteiger partial charge in [-0.25, -0.2) is 0 Å². The molecule has 4 rings (SSSR count). The molecule has 1 atom stereocenters. The van der Waals surface area contributed by atoms with Crippen LogP contribution in [0.3, 0.4) is 0 Å². The van der Waals surface area contributed by atoms with Crippen molar-refractivity contribution in [3.63, 3.8) is 0 Å². The molecule has 0 bridgehead atoms. The zero-order valence-electron chi connectivity index (χ0n) is 13.4. The van der Waals surface area contributed by atoms with Gasteiger partial charge in [-0.05, 0) is 41.7 Å². The van der Waals surface area contributed by atoms with Crippen LogP contribution in [0.1, 0.15) is 16.7 Å². The highest BCUT2D eigenvalue weighted by Gasteiger charge is 2.23. The van der Waals surface area contributed by atoms with Gasteiger partial charge < -0.3 is 20.1 Å².